The number of hydrogen-bond acceptors (Lipinski definition) is 2. The van der Waals surface area contributed by atoms with Crippen LogP contribution in [0, 0.1) is 5.92 Å². The molecule has 0 amide bonds. The molecular weight excluding hydrogens is 150 g/mol. The second kappa shape index (κ2) is 3.72. The van der Waals surface area contributed by atoms with Crippen LogP contribution in [0.25, 0.3) is 0 Å². The van der Waals surface area contributed by atoms with Crippen molar-refractivity contribution < 1.29 is 0 Å². The Morgan fingerprint density at radius 3 is 2.67 bits per heavy atom. The van der Waals surface area contributed by atoms with Crippen LogP contribution in [0.15, 0.2) is 12.5 Å². The molecule has 12 heavy (non-hydrogen) atoms. The topological polar surface area (TPSA) is 43.8 Å². The van der Waals surface area contributed by atoms with Crippen LogP contribution in [0.3, 0.4) is 0 Å². The second-order valence-electron chi connectivity index (χ2n) is 3.65. The summed E-state index contributed by atoms with van der Waals surface area (Å²) in [5.41, 5.74) is 6.89. The van der Waals surface area contributed by atoms with Crippen molar-refractivity contribution in [2.75, 3.05) is 0 Å². The van der Waals surface area contributed by atoms with Crippen LogP contribution in [-0.2, 0) is 6.54 Å². The monoisotopic (exact) mass is 167 g/mol. The molecule has 1 heterocycles. The number of rotatable bonds is 3. The molecule has 0 aliphatic heterocycles. The number of aromatic nitrogens is 2. The summed E-state index contributed by atoms with van der Waals surface area (Å²) in [4.78, 5) is 4.08. The summed E-state index contributed by atoms with van der Waals surface area (Å²) >= 11 is 0. The summed E-state index contributed by atoms with van der Waals surface area (Å²) in [6.07, 6.45) is 3.69. The van der Waals surface area contributed by atoms with Crippen molar-refractivity contribution in [2.45, 2.75) is 33.4 Å². The third-order valence-corrected chi connectivity index (χ3v) is 1.77. The Morgan fingerprint density at radius 2 is 2.17 bits per heavy atom. The average Bonchev–Trinajstić information content (AvgIpc) is 2.33. The van der Waals surface area contributed by atoms with Crippen LogP contribution in [0.2, 0.25) is 0 Å². The molecule has 1 aromatic heterocycles. The minimum Gasteiger partial charge on any atom is -0.333 e. The predicted octanol–water partition coefficient (Wildman–Crippen LogP) is 1.56. The van der Waals surface area contributed by atoms with Gasteiger partial charge in [0.25, 0.3) is 0 Å². The van der Waals surface area contributed by atoms with Gasteiger partial charge < -0.3 is 10.3 Å². The maximum atomic E-state index is 5.77. The van der Waals surface area contributed by atoms with E-state index in [0.717, 1.165) is 12.2 Å². The van der Waals surface area contributed by atoms with Gasteiger partial charge in [-0.05, 0) is 12.8 Å². The first-order valence-corrected chi connectivity index (χ1v) is 4.37. The summed E-state index contributed by atoms with van der Waals surface area (Å²) in [5, 5.41) is 0. The second-order valence-corrected chi connectivity index (χ2v) is 3.65. The van der Waals surface area contributed by atoms with Crippen molar-refractivity contribution in [2.24, 2.45) is 11.7 Å². The van der Waals surface area contributed by atoms with Crippen molar-refractivity contribution in [1.82, 2.24) is 9.55 Å². The lowest BCUT2D eigenvalue weighted by Gasteiger charge is -2.12. The fourth-order valence-electron chi connectivity index (χ4n) is 1.26. The van der Waals surface area contributed by atoms with Gasteiger partial charge in [-0.2, -0.15) is 0 Å². The van der Waals surface area contributed by atoms with E-state index in [0.29, 0.717) is 5.92 Å². The van der Waals surface area contributed by atoms with Crippen molar-refractivity contribution >= 4 is 0 Å². The van der Waals surface area contributed by atoms with Gasteiger partial charge in [0.15, 0.2) is 0 Å². The summed E-state index contributed by atoms with van der Waals surface area (Å²) < 4.78 is 2.12. The van der Waals surface area contributed by atoms with Gasteiger partial charge in [-0.1, -0.05) is 13.8 Å². The number of hydrogen-bond donors (Lipinski definition) is 1. The van der Waals surface area contributed by atoms with E-state index in [2.05, 4.69) is 23.4 Å². The zero-order valence-corrected chi connectivity index (χ0v) is 7.99. The molecule has 0 aliphatic carbocycles. The Labute approximate surface area is 73.6 Å². The van der Waals surface area contributed by atoms with Gasteiger partial charge in [0, 0.05) is 18.8 Å². The van der Waals surface area contributed by atoms with Crippen LogP contribution in [0.1, 0.15) is 32.5 Å². The Balaban J connectivity index is 2.77. The van der Waals surface area contributed by atoms with E-state index in [1.54, 1.807) is 0 Å². The normalized spacial score (nSPS) is 13.8. The van der Waals surface area contributed by atoms with Crippen molar-refractivity contribution in [3.05, 3.63) is 18.2 Å². The molecule has 0 unspecified atom stereocenters. The molecule has 68 valence electrons. The van der Waals surface area contributed by atoms with E-state index in [4.69, 9.17) is 5.73 Å². The quantitative estimate of drug-likeness (QED) is 0.742. The van der Waals surface area contributed by atoms with Gasteiger partial charge in [-0.15, -0.1) is 0 Å². The van der Waals surface area contributed by atoms with Gasteiger partial charge in [0.05, 0.1) is 12.0 Å². The Hall–Kier alpha value is -0.830. The minimum absolute atomic E-state index is 0.0752. The average molecular weight is 167 g/mol. The van der Waals surface area contributed by atoms with Gasteiger partial charge in [0.1, 0.15) is 0 Å². The first-order chi connectivity index (χ1) is 5.61. The lowest BCUT2D eigenvalue weighted by Crippen LogP contribution is -2.13. The van der Waals surface area contributed by atoms with Crippen molar-refractivity contribution in [3.8, 4) is 0 Å². The zero-order valence-electron chi connectivity index (χ0n) is 7.99. The van der Waals surface area contributed by atoms with Crippen LogP contribution >= 0.6 is 0 Å². The van der Waals surface area contributed by atoms with Gasteiger partial charge >= 0.3 is 0 Å². The van der Waals surface area contributed by atoms with E-state index in [1.165, 1.54) is 0 Å². The highest BCUT2D eigenvalue weighted by molar-refractivity contribution is 5.02. The molecule has 0 saturated carbocycles. The molecule has 0 spiro atoms. The van der Waals surface area contributed by atoms with E-state index in [-0.39, 0.29) is 6.04 Å². The first kappa shape index (κ1) is 9.26. The largest absolute Gasteiger partial charge is 0.333 e. The Morgan fingerprint density at radius 1 is 1.50 bits per heavy atom. The summed E-state index contributed by atoms with van der Waals surface area (Å²) in [6.45, 7) is 7.35. The third-order valence-electron chi connectivity index (χ3n) is 1.77. The smallest absolute Gasteiger partial charge is 0.0948 e. The number of imidazole rings is 1. The molecule has 0 bridgehead atoms. The molecule has 0 radical (unpaired) electrons. The van der Waals surface area contributed by atoms with E-state index < -0.39 is 0 Å². The maximum Gasteiger partial charge on any atom is 0.0948 e. The molecule has 1 atom stereocenters. The van der Waals surface area contributed by atoms with Crippen LogP contribution in [0.5, 0.6) is 0 Å². The molecule has 1 aromatic rings. The number of nitrogens with two attached hydrogens (primary N) is 1. The lowest BCUT2D eigenvalue weighted by atomic mass is 10.2. The predicted molar refractivity (Wildman–Crippen MR) is 49.7 cm³/mol. The zero-order chi connectivity index (χ0) is 9.14. The van der Waals surface area contributed by atoms with E-state index in [1.807, 2.05) is 19.4 Å². The Kier molecular flexibility index (Phi) is 2.87. The van der Waals surface area contributed by atoms with Crippen LogP contribution < -0.4 is 5.73 Å². The van der Waals surface area contributed by atoms with Crippen molar-refractivity contribution in [3.63, 3.8) is 0 Å². The molecule has 3 nitrogen and oxygen atoms in total. The summed E-state index contributed by atoms with van der Waals surface area (Å²) in [7, 11) is 0. The SMILES string of the molecule is CC(C)Cn1cncc1[C@@H](C)N. The fourth-order valence-corrected chi connectivity index (χ4v) is 1.26. The molecule has 0 saturated heterocycles. The third kappa shape index (κ3) is 2.08. The molecule has 3 heteroatoms. The lowest BCUT2D eigenvalue weighted by molar-refractivity contribution is 0.500. The Bertz CT molecular complexity index is 238. The molecule has 1 rings (SSSR count). The fraction of sp³-hybridized carbons (Fsp3) is 0.667. The summed E-state index contributed by atoms with van der Waals surface area (Å²) in [5.74, 6) is 0.636. The first-order valence-electron chi connectivity index (χ1n) is 4.37. The van der Waals surface area contributed by atoms with Crippen molar-refractivity contribution in [1.29, 1.82) is 0 Å². The standard InChI is InChI=1S/C9H17N3/c1-7(2)5-12-6-11-4-9(12)8(3)10/h4,6-8H,5,10H2,1-3H3/t8-/m1/s1. The van der Waals surface area contributed by atoms with Crippen LogP contribution in [-0.4, -0.2) is 9.55 Å². The van der Waals surface area contributed by atoms with Crippen LogP contribution in [0.4, 0.5) is 0 Å². The highest BCUT2D eigenvalue weighted by Gasteiger charge is 2.06. The highest BCUT2D eigenvalue weighted by Crippen LogP contribution is 2.10. The maximum absolute atomic E-state index is 5.77. The minimum atomic E-state index is 0.0752. The molecular formula is C9H17N3. The molecule has 2 N–H and O–H groups in total. The van der Waals surface area contributed by atoms with E-state index in [9.17, 15) is 0 Å². The molecule has 0 aromatic carbocycles. The number of nitrogens with zero attached hydrogens (tertiary/aromatic N) is 2. The summed E-state index contributed by atoms with van der Waals surface area (Å²) in [6, 6.07) is 0.0752. The van der Waals surface area contributed by atoms with E-state index >= 15 is 0 Å². The van der Waals surface area contributed by atoms with Gasteiger partial charge in [-0.25, -0.2) is 4.98 Å². The molecule has 0 fully saturated rings. The van der Waals surface area contributed by atoms with Gasteiger partial charge in [0.2, 0.25) is 0 Å². The van der Waals surface area contributed by atoms with Gasteiger partial charge in [-0.3, -0.25) is 0 Å². The highest BCUT2D eigenvalue weighted by atomic mass is 15.1. The molecule has 0 aliphatic rings.